The van der Waals surface area contributed by atoms with Crippen molar-refractivity contribution in [2.75, 3.05) is 19.8 Å². The van der Waals surface area contributed by atoms with Crippen LogP contribution < -0.4 is 10.1 Å². The molecule has 0 saturated heterocycles. The van der Waals surface area contributed by atoms with Crippen LogP contribution in [0.4, 0.5) is 0 Å². The maximum atomic E-state index is 5.75. The summed E-state index contributed by atoms with van der Waals surface area (Å²) in [5, 5.41) is 3.52. The Labute approximate surface area is 117 Å². The van der Waals surface area contributed by atoms with E-state index in [1.54, 1.807) is 0 Å². The first-order valence-electron chi connectivity index (χ1n) is 7.25. The maximum Gasteiger partial charge on any atom is 0.120 e. The fourth-order valence-corrected chi connectivity index (χ4v) is 1.90. The Bertz CT molecular complexity index is 344. The number of hydrogen-bond acceptors (Lipinski definition) is 3. The van der Waals surface area contributed by atoms with E-state index in [1.165, 1.54) is 5.56 Å². The summed E-state index contributed by atoms with van der Waals surface area (Å²) in [4.78, 5) is 0. The highest BCUT2D eigenvalue weighted by atomic mass is 16.5. The van der Waals surface area contributed by atoms with Gasteiger partial charge in [-0.2, -0.15) is 0 Å². The fourth-order valence-electron chi connectivity index (χ4n) is 1.90. The van der Waals surface area contributed by atoms with Gasteiger partial charge in [0.1, 0.15) is 5.75 Å². The van der Waals surface area contributed by atoms with Gasteiger partial charge in [-0.1, -0.05) is 19.1 Å². The third kappa shape index (κ3) is 6.08. The zero-order valence-electron chi connectivity index (χ0n) is 12.6. The first-order valence-corrected chi connectivity index (χ1v) is 7.25. The van der Waals surface area contributed by atoms with E-state index in [-0.39, 0.29) is 12.1 Å². The molecule has 0 aromatic heterocycles. The normalized spacial score (nSPS) is 12.7. The molecule has 3 heteroatoms. The molecule has 0 radical (unpaired) electrons. The molecule has 0 heterocycles. The molecule has 1 aromatic rings. The molecule has 1 aromatic carbocycles. The lowest BCUT2D eigenvalue weighted by molar-refractivity contribution is 0.123. The Balaban J connectivity index is 2.75. The van der Waals surface area contributed by atoms with Crippen molar-refractivity contribution in [2.45, 2.75) is 46.3 Å². The highest BCUT2D eigenvalue weighted by Gasteiger charge is 2.11. The number of hydrogen-bond donors (Lipinski definition) is 1. The number of benzene rings is 1. The van der Waals surface area contributed by atoms with E-state index in [0.717, 1.165) is 25.3 Å². The van der Waals surface area contributed by atoms with Gasteiger partial charge in [0, 0.05) is 6.61 Å². The lowest BCUT2D eigenvalue weighted by Crippen LogP contribution is -2.26. The Morgan fingerprint density at radius 3 is 2.63 bits per heavy atom. The number of rotatable bonds is 9. The van der Waals surface area contributed by atoms with Crippen LogP contribution in [-0.2, 0) is 4.74 Å². The molecule has 0 saturated carbocycles. The van der Waals surface area contributed by atoms with Crippen molar-refractivity contribution in [3.8, 4) is 5.75 Å². The fraction of sp³-hybridized carbons (Fsp3) is 0.625. The minimum absolute atomic E-state index is 0.198. The molecule has 1 unspecified atom stereocenters. The predicted octanol–water partition coefficient (Wildman–Crippen LogP) is 3.55. The van der Waals surface area contributed by atoms with E-state index in [9.17, 15) is 0 Å². The highest BCUT2D eigenvalue weighted by molar-refractivity contribution is 5.30. The van der Waals surface area contributed by atoms with E-state index in [1.807, 2.05) is 32.9 Å². The van der Waals surface area contributed by atoms with E-state index < -0.39 is 0 Å². The predicted molar refractivity (Wildman–Crippen MR) is 79.7 cm³/mol. The summed E-state index contributed by atoms with van der Waals surface area (Å²) >= 11 is 0. The molecule has 1 atom stereocenters. The number of nitrogens with one attached hydrogen (secondary N) is 1. The molecule has 108 valence electrons. The second-order valence-electron chi connectivity index (χ2n) is 4.91. The first-order chi connectivity index (χ1) is 9.17. The maximum absolute atomic E-state index is 5.75. The molecule has 0 fully saturated rings. The van der Waals surface area contributed by atoms with Gasteiger partial charge >= 0.3 is 0 Å². The smallest absolute Gasteiger partial charge is 0.120 e. The van der Waals surface area contributed by atoms with Crippen molar-refractivity contribution >= 4 is 0 Å². The van der Waals surface area contributed by atoms with Crippen LogP contribution in [0.3, 0.4) is 0 Å². The summed E-state index contributed by atoms with van der Waals surface area (Å²) in [7, 11) is 0. The Morgan fingerprint density at radius 1 is 1.21 bits per heavy atom. The van der Waals surface area contributed by atoms with Crippen molar-refractivity contribution in [1.29, 1.82) is 0 Å². The van der Waals surface area contributed by atoms with Gasteiger partial charge < -0.3 is 14.8 Å². The highest BCUT2D eigenvalue weighted by Crippen LogP contribution is 2.20. The standard InChI is InChI=1S/C16H27NO2/c1-5-10-17-16(12-18-6-2)14-8-7-9-15(11-14)19-13(3)4/h7-9,11,13,16-17H,5-6,10,12H2,1-4H3. The summed E-state index contributed by atoms with van der Waals surface area (Å²) in [5.41, 5.74) is 1.22. The summed E-state index contributed by atoms with van der Waals surface area (Å²) < 4.78 is 11.3. The SMILES string of the molecule is CCCNC(COCC)c1cccc(OC(C)C)c1. The largest absolute Gasteiger partial charge is 0.491 e. The van der Waals surface area contributed by atoms with E-state index in [4.69, 9.17) is 9.47 Å². The molecule has 0 amide bonds. The van der Waals surface area contributed by atoms with Crippen molar-refractivity contribution < 1.29 is 9.47 Å². The van der Waals surface area contributed by atoms with E-state index in [0.29, 0.717) is 6.61 Å². The van der Waals surface area contributed by atoms with Gasteiger partial charge in [0.05, 0.1) is 18.8 Å². The van der Waals surface area contributed by atoms with Gasteiger partial charge in [-0.25, -0.2) is 0 Å². The van der Waals surface area contributed by atoms with Crippen LogP contribution in [0.15, 0.2) is 24.3 Å². The monoisotopic (exact) mass is 265 g/mol. The van der Waals surface area contributed by atoms with Crippen molar-refractivity contribution in [3.63, 3.8) is 0 Å². The average Bonchev–Trinajstić information content (AvgIpc) is 2.38. The molecule has 0 aliphatic rings. The van der Waals surface area contributed by atoms with E-state index in [2.05, 4.69) is 24.4 Å². The van der Waals surface area contributed by atoms with Crippen LogP contribution in [-0.4, -0.2) is 25.9 Å². The van der Waals surface area contributed by atoms with Gasteiger partial charge in [-0.3, -0.25) is 0 Å². The third-order valence-electron chi connectivity index (χ3n) is 2.76. The van der Waals surface area contributed by atoms with Crippen LogP contribution in [0.25, 0.3) is 0 Å². The third-order valence-corrected chi connectivity index (χ3v) is 2.76. The van der Waals surface area contributed by atoms with Gasteiger partial charge in [0.25, 0.3) is 0 Å². The van der Waals surface area contributed by atoms with Crippen LogP contribution >= 0.6 is 0 Å². The van der Waals surface area contributed by atoms with Gasteiger partial charge in [-0.05, 0) is 51.4 Å². The molecule has 1 rings (SSSR count). The van der Waals surface area contributed by atoms with Crippen LogP contribution in [0.2, 0.25) is 0 Å². The molecular weight excluding hydrogens is 238 g/mol. The molecular formula is C16H27NO2. The van der Waals surface area contributed by atoms with Crippen molar-refractivity contribution in [3.05, 3.63) is 29.8 Å². The quantitative estimate of drug-likeness (QED) is 0.740. The van der Waals surface area contributed by atoms with E-state index >= 15 is 0 Å². The summed E-state index contributed by atoms with van der Waals surface area (Å²) in [5.74, 6) is 0.923. The summed E-state index contributed by atoms with van der Waals surface area (Å²) in [6.45, 7) is 10.7. The molecule has 3 nitrogen and oxygen atoms in total. The molecule has 19 heavy (non-hydrogen) atoms. The minimum atomic E-state index is 0.198. The zero-order valence-corrected chi connectivity index (χ0v) is 12.6. The molecule has 0 bridgehead atoms. The molecule has 1 N–H and O–H groups in total. The van der Waals surface area contributed by atoms with Crippen LogP contribution in [0.5, 0.6) is 5.75 Å². The number of ether oxygens (including phenoxy) is 2. The van der Waals surface area contributed by atoms with Gasteiger partial charge in [0.2, 0.25) is 0 Å². The molecule has 0 spiro atoms. The first kappa shape index (κ1) is 16.0. The zero-order chi connectivity index (χ0) is 14.1. The lowest BCUT2D eigenvalue weighted by atomic mass is 10.1. The summed E-state index contributed by atoms with van der Waals surface area (Å²) in [6.07, 6.45) is 1.31. The second kappa shape index (κ2) is 8.94. The topological polar surface area (TPSA) is 30.5 Å². The van der Waals surface area contributed by atoms with Crippen molar-refractivity contribution in [1.82, 2.24) is 5.32 Å². The van der Waals surface area contributed by atoms with Crippen molar-refractivity contribution in [2.24, 2.45) is 0 Å². The Morgan fingerprint density at radius 2 is 2.00 bits per heavy atom. The molecule has 0 aliphatic carbocycles. The lowest BCUT2D eigenvalue weighted by Gasteiger charge is -2.20. The molecule has 0 aliphatic heterocycles. The summed E-state index contributed by atoms with van der Waals surface area (Å²) in [6, 6.07) is 8.50. The Hall–Kier alpha value is -1.06. The second-order valence-corrected chi connectivity index (χ2v) is 4.91. The van der Waals surface area contributed by atoms with Gasteiger partial charge in [-0.15, -0.1) is 0 Å². The Kier molecular flexibility index (Phi) is 7.53. The average molecular weight is 265 g/mol. The van der Waals surface area contributed by atoms with Crippen LogP contribution in [0, 0.1) is 0 Å². The van der Waals surface area contributed by atoms with Gasteiger partial charge in [0.15, 0.2) is 0 Å². The van der Waals surface area contributed by atoms with Crippen LogP contribution in [0.1, 0.15) is 45.7 Å². The minimum Gasteiger partial charge on any atom is -0.491 e.